The van der Waals surface area contributed by atoms with E-state index in [1.165, 1.54) is 0 Å². The normalized spacial score (nSPS) is 10.8. The first-order chi connectivity index (χ1) is 8.20. The average Bonchev–Trinajstić information content (AvgIpc) is 2.74. The van der Waals surface area contributed by atoms with Gasteiger partial charge in [0.05, 0.1) is 16.4 Å². The minimum Gasteiger partial charge on any atom is -0.313 e. The number of benzene rings is 1. The van der Waals surface area contributed by atoms with Gasteiger partial charge in [0.15, 0.2) is 0 Å². The molecule has 0 unspecified atom stereocenters. The molecule has 1 aromatic carbocycles. The number of nitrogens with one attached hydrogen (secondary N) is 1. The zero-order valence-corrected chi connectivity index (χ0v) is 11.8. The van der Waals surface area contributed by atoms with Crippen molar-refractivity contribution in [2.75, 3.05) is 6.54 Å². The third kappa shape index (κ3) is 3.09. The Morgan fingerprint density at radius 2 is 2.29 bits per heavy atom. The summed E-state index contributed by atoms with van der Waals surface area (Å²) in [6.45, 7) is 3.80. The van der Waals surface area contributed by atoms with Gasteiger partial charge in [-0.3, -0.25) is 0 Å². The molecule has 90 valence electrons. The van der Waals surface area contributed by atoms with Gasteiger partial charge in [-0.05, 0) is 40.2 Å². The van der Waals surface area contributed by atoms with Gasteiger partial charge in [0, 0.05) is 17.8 Å². The molecule has 0 aliphatic rings. The molecule has 0 atom stereocenters. The fourth-order valence-corrected chi connectivity index (χ4v) is 2.05. The van der Waals surface area contributed by atoms with Crippen LogP contribution >= 0.6 is 27.5 Å². The van der Waals surface area contributed by atoms with Crippen molar-refractivity contribution in [1.29, 1.82) is 0 Å². The van der Waals surface area contributed by atoms with Crippen molar-refractivity contribution in [2.45, 2.75) is 13.5 Å². The Kier molecular flexibility index (Phi) is 4.20. The largest absolute Gasteiger partial charge is 0.313 e. The van der Waals surface area contributed by atoms with Gasteiger partial charge < -0.3 is 5.32 Å². The number of halogens is 2. The van der Waals surface area contributed by atoms with Crippen molar-refractivity contribution in [1.82, 2.24) is 15.1 Å². The molecule has 17 heavy (non-hydrogen) atoms. The molecule has 0 saturated carbocycles. The van der Waals surface area contributed by atoms with Crippen LogP contribution in [-0.4, -0.2) is 16.3 Å². The summed E-state index contributed by atoms with van der Waals surface area (Å²) in [5.41, 5.74) is 2.06. The molecule has 0 aliphatic heterocycles. The van der Waals surface area contributed by atoms with Crippen LogP contribution in [-0.2, 0) is 6.54 Å². The first-order valence-corrected chi connectivity index (χ1v) is 6.57. The lowest BCUT2D eigenvalue weighted by Crippen LogP contribution is -2.12. The van der Waals surface area contributed by atoms with Crippen LogP contribution in [0.25, 0.3) is 5.69 Å². The van der Waals surface area contributed by atoms with E-state index in [0.29, 0.717) is 0 Å². The van der Waals surface area contributed by atoms with E-state index in [1.807, 2.05) is 24.4 Å². The van der Waals surface area contributed by atoms with Crippen molar-refractivity contribution in [3.05, 3.63) is 45.7 Å². The molecule has 1 heterocycles. The molecule has 0 saturated heterocycles. The van der Waals surface area contributed by atoms with Gasteiger partial charge in [0.2, 0.25) is 0 Å². The summed E-state index contributed by atoms with van der Waals surface area (Å²) in [5, 5.41) is 8.23. The van der Waals surface area contributed by atoms with Gasteiger partial charge in [-0.25, -0.2) is 4.68 Å². The lowest BCUT2D eigenvalue weighted by atomic mass is 10.2. The second kappa shape index (κ2) is 5.67. The van der Waals surface area contributed by atoms with E-state index in [-0.39, 0.29) is 0 Å². The quantitative estimate of drug-likeness (QED) is 0.937. The molecular weight excluding hydrogens is 302 g/mol. The highest BCUT2D eigenvalue weighted by Gasteiger charge is 2.04. The minimum absolute atomic E-state index is 0.759. The second-order valence-corrected chi connectivity index (χ2v) is 4.98. The number of rotatable bonds is 4. The maximum Gasteiger partial charge on any atom is 0.0661 e. The zero-order valence-electron chi connectivity index (χ0n) is 9.45. The molecule has 1 aromatic heterocycles. The van der Waals surface area contributed by atoms with Crippen LogP contribution in [0.2, 0.25) is 5.02 Å². The molecule has 0 spiro atoms. The molecule has 0 radical (unpaired) electrons. The minimum atomic E-state index is 0.759. The van der Waals surface area contributed by atoms with Crippen LogP contribution in [0.5, 0.6) is 0 Å². The van der Waals surface area contributed by atoms with Crippen LogP contribution in [0.15, 0.2) is 35.1 Å². The molecule has 1 N–H and O–H groups in total. The molecule has 0 bridgehead atoms. The molecule has 3 nitrogen and oxygen atoms in total. The summed E-state index contributed by atoms with van der Waals surface area (Å²) in [7, 11) is 0. The first-order valence-electron chi connectivity index (χ1n) is 5.40. The third-order valence-electron chi connectivity index (χ3n) is 2.42. The lowest BCUT2D eigenvalue weighted by Gasteiger charge is -2.07. The van der Waals surface area contributed by atoms with E-state index in [1.54, 1.807) is 10.9 Å². The van der Waals surface area contributed by atoms with Gasteiger partial charge in [-0.15, -0.1) is 0 Å². The van der Waals surface area contributed by atoms with Crippen molar-refractivity contribution in [3.8, 4) is 5.69 Å². The zero-order chi connectivity index (χ0) is 12.3. The maximum absolute atomic E-state index is 6.23. The average molecular weight is 315 g/mol. The summed E-state index contributed by atoms with van der Waals surface area (Å²) >= 11 is 9.60. The standard InChI is InChI=1S/C12H13BrClN3/c1-2-15-6-9-3-4-11(5-12(9)14)17-8-10(13)7-16-17/h3-5,7-8,15H,2,6H2,1H3. The highest BCUT2D eigenvalue weighted by atomic mass is 79.9. The van der Waals surface area contributed by atoms with Crippen LogP contribution < -0.4 is 5.32 Å². The lowest BCUT2D eigenvalue weighted by molar-refractivity contribution is 0.726. The van der Waals surface area contributed by atoms with Gasteiger partial charge in [0.1, 0.15) is 0 Å². The van der Waals surface area contributed by atoms with E-state index in [2.05, 4.69) is 33.3 Å². The maximum atomic E-state index is 6.23. The van der Waals surface area contributed by atoms with E-state index in [9.17, 15) is 0 Å². The predicted octanol–water partition coefficient (Wildman–Crippen LogP) is 3.40. The van der Waals surface area contributed by atoms with Crippen molar-refractivity contribution in [2.24, 2.45) is 0 Å². The van der Waals surface area contributed by atoms with E-state index >= 15 is 0 Å². The Labute approximate surface area is 114 Å². The van der Waals surface area contributed by atoms with Gasteiger partial charge >= 0.3 is 0 Å². The van der Waals surface area contributed by atoms with Crippen LogP contribution in [0.4, 0.5) is 0 Å². The van der Waals surface area contributed by atoms with Gasteiger partial charge in [-0.1, -0.05) is 24.6 Å². The number of hydrogen-bond acceptors (Lipinski definition) is 2. The van der Waals surface area contributed by atoms with Gasteiger partial charge in [0.25, 0.3) is 0 Å². The Bertz CT molecular complexity index is 510. The fourth-order valence-electron chi connectivity index (χ4n) is 1.52. The number of nitrogens with zero attached hydrogens (tertiary/aromatic N) is 2. The second-order valence-electron chi connectivity index (χ2n) is 3.66. The van der Waals surface area contributed by atoms with E-state index in [0.717, 1.165) is 33.8 Å². The van der Waals surface area contributed by atoms with Crippen molar-refractivity contribution >= 4 is 27.5 Å². The molecule has 5 heteroatoms. The van der Waals surface area contributed by atoms with Crippen molar-refractivity contribution < 1.29 is 0 Å². The number of hydrogen-bond donors (Lipinski definition) is 1. The topological polar surface area (TPSA) is 29.9 Å². The van der Waals surface area contributed by atoms with Gasteiger partial charge in [-0.2, -0.15) is 5.10 Å². The molecule has 2 aromatic rings. The Morgan fingerprint density at radius 1 is 1.47 bits per heavy atom. The van der Waals surface area contributed by atoms with Crippen LogP contribution in [0.1, 0.15) is 12.5 Å². The predicted molar refractivity (Wildman–Crippen MR) is 73.7 cm³/mol. The monoisotopic (exact) mass is 313 g/mol. The molecule has 0 aliphatic carbocycles. The summed E-state index contributed by atoms with van der Waals surface area (Å²) in [6, 6.07) is 5.96. The van der Waals surface area contributed by atoms with E-state index < -0.39 is 0 Å². The fraction of sp³-hybridized carbons (Fsp3) is 0.250. The molecule has 2 rings (SSSR count). The summed E-state index contributed by atoms with van der Waals surface area (Å²) in [5.74, 6) is 0. The summed E-state index contributed by atoms with van der Waals surface area (Å²) < 4.78 is 2.73. The summed E-state index contributed by atoms with van der Waals surface area (Å²) in [4.78, 5) is 0. The Hall–Kier alpha value is -0.840. The SMILES string of the molecule is CCNCc1ccc(-n2cc(Br)cn2)cc1Cl. The van der Waals surface area contributed by atoms with E-state index in [4.69, 9.17) is 11.6 Å². The molecular formula is C12H13BrClN3. The van der Waals surface area contributed by atoms with Crippen LogP contribution in [0, 0.1) is 0 Å². The number of aromatic nitrogens is 2. The summed E-state index contributed by atoms with van der Waals surface area (Å²) in [6.07, 6.45) is 3.65. The third-order valence-corrected chi connectivity index (χ3v) is 3.18. The Morgan fingerprint density at radius 3 is 2.88 bits per heavy atom. The Balaban J connectivity index is 2.24. The highest BCUT2D eigenvalue weighted by molar-refractivity contribution is 9.10. The molecule has 0 fully saturated rings. The molecule has 0 amide bonds. The first kappa shape index (κ1) is 12.6. The van der Waals surface area contributed by atoms with Crippen LogP contribution in [0.3, 0.4) is 0 Å². The highest BCUT2D eigenvalue weighted by Crippen LogP contribution is 2.21. The van der Waals surface area contributed by atoms with Crippen molar-refractivity contribution in [3.63, 3.8) is 0 Å². The smallest absolute Gasteiger partial charge is 0.0661 e.